The molecule has 3 rings (SSSR count). The highest BCUT2D eigenvalue weighted by Crippen LogP contribution is 2.44. The van der Waals surface area contributed by atoms with E-state index in [0.717, 1.165) is 16.3 Å². The first-order chi connectivity index (χ1) is 12.0. The summed E-state index contributed by atoms with van der Waals surface area (Å²) in [6, 6.07) is 1.79. The van der Waals surface area contributed by atoms with Crippen molar-refractivity contribution in [3.05, 3.63) is 29.2 Å². The van der Waals surface area contributed by atoms with Gasteiger partial charge in [-0.1, -0.05) is 18.5 Å². The van der Waals surface area contributed by atoms with Crippen molar-refractivity contribution in [3.8, 4) is 5.88 Å². The molecule has 2 heterocycles. The van der Waals surface area contributed by atoms with Crippen molar-refractivity contribution in [3.63, 3.8) is 0 Å². The third-order valence-electron chi connectivity index (χ3n) is 4.95. The molecule has 6 nitrogen and oxygen atoms in total. The average molecular weight is 377 g/mol. The van der Waals surface area contributed by atoms with Crippen molar-refractivity contribution in [2.75, 3.05) is 14.1 Å². The van der Waals surface area contributed by atoms with Gasteiger partial charge in [0.05, 0.1) is 10.8 Å². The fourth-order valence-corrected chi connectivity index (χ4v) is 3.75. The summed E-state index contributed by atoms with van der Waals surface area (Å²) in [5.41, 5.74) is 6.21. The Bertz CT molecular complexity index is 854. The number of fused-ring (bicyclic) bond motifs is 1. The van der Waals surface area contributed by atoms with Crippen LogP contribution in [0.15, 0.2) is 18.5 Å². The van der Waals surface area contributed by atoms with E-state index in [9.17, 15) is 4.79 Å². The number of carbonyl (C=O) groups excluding carboxylic acids is 1. The summed E-state index contributed by atoms with van der Waals surface area (Å²) in [5, 5.41) is 2.06. The van der Waals surface area contributed by atoms with E-state index in [-0.39, 0.29) is 17.4 Å². The van der Waals surface area contributed by atoms with Crippen LogP contribution >= 0.6 is 11.6 Å². The minimum Gasteiger partial charge on any atom is -0.474 e. The first kappa shape index (κ1) is 18.9. The summed E-state index contributed by atoms with van der Waals surface area (Å²) in [5.74, 6) is 0.630. The maximum atomic E-state index is 12.3. The standard InChI is InChI=1S/C19H25ClN4O2/c1-18(2,21)14-10-23-16(13-9-22-15(20)6-12(13)14)26-11-7-19(3,8-11)17(25)24(4)5/h6,9-11H,7-8,21H2,1-5H3. The van der Waals surface area contributed by atoms with Gasteiger partial charge < -0.3 is 15.4 Å². The Morgan fingerprint density at radius 1 is 1.31 bits per heavy atom. The summed E-state index contributed by atoms with van der Waals surface area (Å²) in [7, 11) is 3.55. The molecule has 0 atom stereocenters. The van der Waals surface area contributed by atoms with E-state index < -0.39 is 5.54 Å². The van der Waals surface area contributed by atoms with E-state index in [4.69, 9.17) is 22.1 Å². The lowest BCUT2D eigenvalue weighted by atomic mass is 9.67. The van der Waals surface area contributed by atoms with Crippen LogP contribution in [0.2, 0.25) is 5.15 Å². The van der Waals surface area contributed by atoms with Crippen LogP contribution in [0.4, 0.5) is 0 Å². The van der Waals surface area contributed by atoms with Crippen LogP contribution in [0.5, 0.6) is 5.88 Å². The highest BCUT2D eigenvalue weighted by molar-refractivity contribution is 6.30. The number of rotatable bonds is 4. The van der Waals surface area contributed by atoms with Crippen molar-refractivity contribution in [1.82, 2.24) is 14.9 Å². The molecule has 0 saturated heterocycles. The molecule has 7 heteroatoms. The molecule has 140 valence electrons. The maximum absolute atomic E-state index is 12.3. The number of nitrogens with zero attached hydrogens (tertiary/aromatic N) is 3. The molecule has 0 unspecified atom stereocenters. The van der Waals surface area contributed by atoms with Gasteiger partial charge in [0.15, 0.2) is 0 Å². The molecule has 1 saturated carbocycles. The number of pyridine rings is 2. The molecule has 0 aromatic carbocycles. The van der Waals surface area contributed by atoms with E-state index in [1.807, 2.05) is 20.8 Å². The normalized spacial score (nSPS) is 22.8. The molecule has 2 aromatic heterocycles. The first-order valence-corrected chi connectivity index (χ1v) is 9.01. The van der Waals surface area contributed by atoms with E-state index in [0.29, 0.717) is 23.9 Å². The molecule has 1 aliphatic carbocycles. The van der Waals surface area contributed by atoms with Crippen LogP contribution in [-0.4, -0.2) is 41.0 Å². The summed E-state index contributed by atoms with van der Waals surface area (Å²) in [6.07, 6.45) is 4.68. The van der Waals surface area contributed by atoms with Gasteiger partial charge in [0.25, 0.3) is 0 Å². The minimum absolute atomic E-state index is 0.0491. The quantitative estimate of drug-likeness (QED) is 0.829. The predicted octanol–water partition coefficient (Wildman–Crippen LogP) is 3.11. The van der Waals surface area contributed by atoms with Gasteiger partial charge in [0.1, 0.15) is 11.3 Å². The Hall–Kier alpha value is -1.92. The zero-order chi connectivity index (χ0) is 19.3. The van der Waals surface area contributed by atoms with Gasteiger partial charge in [-0.3, -0.25) is 4.79 Å². The molecule has 0 aliphatic heterocycles. The fourth-order valence-electron chi connectivity index (χ4n) is 3.59. The molecule has 2 N–H and O–H groups in total. The second-order valence-electron chi connectivity index (χ2n) is 8.16. The molecule has 0 radical (unpaired) electrons. The Morgan fingerprint density at radius 3 is 2.54 bits per heavy atom. The van der Waals surface area contributed by atoms with E-state index >= 15 is 0 Å². The van der Waals surface area contributed by atoms with Gasteiger partial charge in [-0.2, -0.15) is 0 Å². The van der Waals surface area contributed by atoms with Gasteiger partial charge in [-0.25, -0.2) is 9.97 Å². The number of aromatic nitrogens is 2. The lowest BCUT2D eigenvalue weighted by molar-refractivity contribution is -0.149. The van der Waals surface area contributed by atoms with E-state index in [1.165, 1.54) is 0 Å². The number of hydrogen-bond acceptors (Lipinski definition) is 5. The maximum Gasteiger partial charge on any atom is 0.228 e. The van der Waals surface area contributed by atoms with Gasteiger partial charge in [-0.15, -0.1) is 0 Å². The molecular formula is C19H25ClN4O2. The second-order valence-corrected chi connectivity index (χ2v) is 8.55. The van der Waals surface area contributed by atoms with Crippen LogP contribution in [0, 0.1) is 5.41 Å². The molecule has 26 heavy (non-hydrogen) atoms. The van der Waals surface area contributed by atoms with Crippen molar-refractivity contribution < 1.29 is 9.53 Å². The van der Waals surface area contributed by atoms with Crippen molar-refractivity contribution >= 4 is 28.3 Å². The van der Waals surface area contributed by atoms with Crippen LogP contribution in [0.1, 0.15) is 39.2 Å². The Labute approximate surface area is 158 Å². The SMILES string of the molecule is CN(C)C(=O)C1(C)CC(Oc2ncc(C(C)(C)N)c3cc(Cl)ncc23)C1. The smallest absolute Gasteiger partial charge is 0.228 e. The van der Waals surface area contributed by atoms with Gasteiger partial charge in [0.2, 0.25) is 11.8 Å². The lowest BCUT2D eigenvalue weighted by Crippen LogP contribution is -2.51. The zero-order valence-corrected chi connectivity index (χ0v) is 16.6. The second kappa shape index (κ2) is 6.35. The molecule has 1 amide bonds. The number of hydrogen-bond donors (Lipinski definition) is 1. The third-order valence-corrected chi connectivity index (χ3v) is 5.16. The lowest BCUT2D eigenvalue weighted by Gasteiger charge is -2.44. The van der Waals surface area contributed by atoms with E-state index in [2.05, 4.69) is 9.97 Å². The van der Waals surface area contributed by atoms with Crippen LogP contribution in [-0.2, 0) is 10.3 Å². The zero-order valence-electron chi connectivity index (χ0n) is 15.8. The summed E-state index contributed by atoms with van der Waals surface area (Å²) < 4.78 is 6.09. The number of amides is 1. The molecule has 1 aliphatic rings. The van der Waals surface area contributed by atoms with Crippen LogP contribution in [0.3, 0.4) is 0 Å². The number of halogens is 1. The molecular weight excluding hydrogens is 352 g/mol. The average Bonchev–Trinajstić information content (AvgIpc) is 2.50. The summed E-state index contributed by atoms with van der Waals surface area (Å²) in [6.45, 7) is 5.81. The number of carbonyl (C=O) groups is 1. The Kier molecular flexibility index (Phi) is 4.61. The Balaban J connectivity index is 1.88. The first-order valence-electron chi connectivity index (χ1n) is 8.63. The van der Waals surface area contributed by atoms with E-state index in [1.54, 1.807) is 37.5 Å². The summed E-state index contributed by atoms with van der Waals surface area (Å²) in [4.78, 5) is 22.5. The topological polar surface area (TPSA) is 81.3 Å². The minimum atomic E-state index is -0.568. The summed E-state index contributed by atoms with van der Waals surface area (Å²) >= 11 is 6.08. The predicted molar refractivity (Wildman–Crippen MR) is 102 cm³/mol. The largest absolute Gasteiger partial charge is 0.474 e. The highest BCUT2D eigenvalue weighted by Gasteiger charge is 2.48. The Morgan fingerprint density at radius 2 is 1.96 bits per heavy atom. The van der Waals surface area contributed by atoms with Gasteiger partial charge in [-0.05, 0) is 43.7 Å². The van der Waals surface area contributed by atoms with Crippen LogP contribution < -0.4 is 10.5 Å². The van der Waals surface area contributed by atoms with Gasteiger partial charge in [0, 0.05) is 32.0 Å². The molecule has 0 spiro atoms. The molecule has 2 aromatic rings. The third kappa shape index (κ3) is 3.35. The van der Waals surface area contributed by atoms with Crippen molar-refractivity contribution in [1.29, 1.82) is 0 Å². The highest BCUT2D eigenvalue weighted by atomic mass is 35.5. The monoisotopic (exact) mass is 376 g/mol. The number of ether oxygens (including phenoxy) is 1. The van der Waals surface area contributed by atoms with Gasteiger partial charge >= 0.3 is 0 Å². The molecule has 1 fully saturated rings. The van der Waals surface area contributed by atoms with Crippen molar-refractivity contribution in [2.24, 2.45) is 11.1 Å². The van der Waals surface area contributed by atoms with Crippen molar-refractivity contribution in [2.45, 2.75) is 45.3 Å². The number of nitrogens with two attached hydrogens (primary N) is 1. The fraction of sp³-hybridized carbons (Fsp3) is 0.526. The molecule has 0 bridgehead atoms. The van der Waals surface area contributed by atoms with Crippen LogP contribution in [0.25, 0.3) is 10.8 Å².